The van der Waals surface area contributed by atoms with E-state index in [4.69, 9.17) is 4.74 Å². The van der Waals surface area contributed by atoms with Crippen molar-refractivity contribution in [1.29, 1.82) is 0 Å². The van der Waals surface area contributed by atoms with E-state index in [1.165, 1.54) is 27.8 Å². The normalized spacial score (nSPS) is 14.0. The fourth-order valence-corrected chi connectivity index (χ4v) is 2.71. The van der Waals surface area contributed by atoms with E-state index in [1.54, 1.807) is 0 Å². The van der Waals surface area contributed by atoms with Crippen molar-refractivity contribution in [2.75, 3.05) is 0 Å². The Labute approximate surface area is 115 Å². The van der Waals surface area contributed by atoms with Crippen LogP contribution in [0.25, 0.3) is 11.1 Å². The third-order valence-corrected chi connectivity index (χ3v) is 4.05. The quantitative estimate of drug-likeness (QED) is 0.660. The minimum atomic E-state index is 0.333. The molecule has 1 unspecified atom stereocenters. The summed E-state index contributed by atoms with van der Waals surface area (Å²) in [6.07, 6.45) is 2.44. The molecule has 0 radical (unpaired) electrons. The van der Waals surface area contributed by atoms with Crippen LogP contribution in [0.3, 0.4) is 0 Å². The van der Waals surface area contributed by atoms with Gasteiger partial charge in [0.25, 0.3) is 0 Å². The summed E-state index contributed by atoms with van der Waals surface area (Å²) in [5.74, 6) is 0. The molecule has 0 N–H and O–H groups in total. The standard InChI is InChI=1S/C18H20O/c1-3-13(2)19-12-15-8-6-10-17-16-9-5-4-7-14(16)11-18(15)17/h4-10,13H,3,11-12H2,1-2H3. The lowest BCUT2D eigenvalue weighted by molar-refractivity contribution is 0.0505. The largest absolute Gasteiger partial charge is 0.374 e. The molecule has 1 aliphatic carbocycles. The minimum absolute atomic E-state index is 0.333. The van der Waals surface area contributed by atoms with Crippen LogP contribution in [0.2, 0.25) is 0 Å². The lowest BCUT2D eigenvalue weighted by Gasteiger charge is -2.13. The van der Waals surface area contributed by atoms with Gasteiger partial charge in [0.05, 0.1) is 12.7 Å². The van der Waals surface area contributed by atoms with Crippen molar-refractivity contribution < 1.29 is 4.74 Å². The number of benzene rings is 2. The Morgan fingerprint density at radius 3 is 2.68 bits per heavy atom. The minimum Gasteiger partial charge on any atom is -0.374 e. The molecular formula is C18H20O. The van der Waals surface area contributed by atoms with Gasteiger partial charge in [-0.3, -0.25) is 0 Å². The molecule has 0 spiro atoms. The summed E-state index contributed by atoms with van der Waals surface area (Å²) in [5.41, 5.74) is 7.01. The van der Waals surface area contributed by atoms with Gasteiger partial charge in [0.15, 0.2) is 0 Å². The fraction of sp³-hybridized carbons (Fsp3) is 0.333. The second-order valence-corrected chi connectivity index (χ2v) is 5.31. The van der Waals surface area contributed by atoms with E-state index in [2.05, 4.69) is 56.3 Å². The smallest absolute Gasteiger partial charge is 0.0723 e. The van der Waals surface area contributed by atoms with E-state index in [-0.39, 0.29) is 0 Å². The zero-order valence-electron chi connectivity index (χ0n) is 11.6. The summed E-state index contributed by atoms with van der Waals surface area (Å²) in [4.78, 5) is 0. The van der Waals surface area contributed by atoms with E-state index in [0.29, 0.717) is 6.10 Å². The van der Waals surface area contributed by atoms with Gasteiger partial charge in [0.1, 0.15) is 0 Å². The number of fused-ring (bicyclic) bond motifs is 3. The van der Waals surface area contributed by atoms with E-state index in [0.717, 1.165) is 19.4 Å². The van der Waals surface area contributed by atoms with Gasteiger partial charge in [-0.1, -0.05) is 49.4 Å². The van der Waals surface area contributed by atoms with Gasteiger partial charge in [0, 0.05) is 0 Å². The Balaban J connectivity index is 1.90. The second-order valence-electron chi connectivity index (χ2n) is 5.31. The molecule has 2 aromatic carbocycles. The van der Waals surface area contributed by atoms with Gasteiger partial charge in [-0.05, 0) is 47.6 Å². The van der Waals surface area contributed by atoms with Crippen molar-refractivity contribution in [2.24, 2.45) is 0 Å². The Hall–Kier alpha value is -1.60. The molecule has 1 aliphatic rings. The van der Waals surface area contributed by atoms with Crippen LogP contribution in [-0.4, -0.2) is 6.10 Å². The maximum absolute atomic E-state index is 5.90. The molecule has 0 saturated carbocycles. The number of hydrogen-bond donors (Lipinski definition) is 0. The maximum Gasteiger partial charge on any atom is 0.0723 e. The van der Waals surface area contributed by atoms with Crippen LogP contribution in [0.1, 0.15) is 37.0 Å². The van der Waals surface area contributed by atoms with Crippen molar-refractivity contribution in [3.63, 3.8) is 0 Å². The topological polar surface area (TPSA) is 9.23 Å². The predicted molar refractivity (Wildman–Crippen MR) is 79.2 cm³/mol. The van der Waals surface area contributed by atoms with Crippen molar-refractivity contribution in [2.45, 2.75) is 39.4 Å². The van der Waals surface area contributed by atoms with Gasteiger partial charge >= 0.3 is 0 Å². The van der Waals surface area contributed by atoms with Crippen molar-refractivity contribution in [1.82, 2.24) is 0 Å². The second kappa shape index (κ2) is 5.18. The molecule has 0 fully saturated rings. The van der Waals surface area contributed by atoms with Crippen molar-refractivity contribution >= 4 is 0 Å². The van der Waals surface area contributed by atoms with Crippen molar-refractivity contribution in [3.05, 3.63) is 59.2 Å². The van der Waals surface area contributed by atoms with Gasteiger partial charge in [-0.15, -0.1) is 0 Å². The molecule has 0 saturated heterocycles. The molecule has 0 bridgehead atoms. The van der Waals surface area contributed by atoms with Gasteiger partial charge in [-0.25, -0.2) is 0 Å². The highest BCUT2D eigenvalue weighted by Crippen LogP contribution is 2.38. The van der Waals surface area contributed by atoms with Crippen LogP contribution < -0.4 is 0 Å². The van der Waals surface area contributed by atoms with Gasteiger partial charge in [0.2, 0.25) is 0 Å². The van der Waals surface area contributed by atoms with Crippen LogP contribution in [0.15, 0.2) is 42.5 Å². The van der Waals surface area contributed by atoms with Crippen LogP contribution >= 0.6 is 0 Å². The van der Waals surface area contributed by atoms with Crippen molar-refractivity contribution in [3.8, 4) is 11.1 Å². The van der Waals surface area contributed by atoms with Gasteiger partial charge < -0.3 is 4.74 Å². The third kappa shape index (κ3) is 2.31. The summed E-state index contributed by atoms with van der Waals surface area (Å²) in [7, 11) is 0. The molecule has 19 heavy (non-hydrogen) atoms. The lowest BCUT2D eigenvalue weighted by atomic mass is 10.0. The Bertz CT molecular complexity index is 586. The summed E-state index contributed by atoms with van der Waals surface area (Å²) in [6.45, 7) is 5.03. The van der Waals surface area contributed by atoms with E-state index < -0.39 is 0 Å². The molecule has 0 aliphatic heterocycles. The molecule has 1 nitrogen and oxygen atoms in total. The Morgan fingerprint density at radius 2 is 1.84 bits per heavy atom. The summed E-state index contributed by atoms with van der Waals surface area (Å²) < 4.78 is 5.90. The molecule has 1 heteroatoms. The summed E-state index contributed by atoms with van der Waals surface area (Å²) >= 11 is 0. The summed E-state index contributed by atoms with van der Waals surface area (Å²) in [6, 6.07) is 15.3. The monoisotopic (exact) mass is 252 g/mol. The molecule has 3 rings (SSSR count). The zero-order valence-corrected chi connectivity index (χ0v) is 11.6. The average molecular weight is 252 g/mol. The number of rotatable bonds is 4. The van der Waals surface area contributed by atoms with E-state index in [9.17, 15) is 0 Å². The molecule has 0 amide bonds. The van der Waals surface area contributed by atoms with Gasteiger partial charge in [-0.2, -0.15) is 0 Å². The van der Waals surface area contributed by atoms with Crippen LogP contribution in [0.4, 0.5) is 0 Å². The van der Waals surface area contributed by atoms with Crippen LogP contribution in [0, 0.1) is 0 Å². The zero-order chi connectivity index (χ0) is 13.2. The summed E-state index contributed by atoms with van der Waals surface area (Å²) in [5, 5.41) is 0. The molecular weight excluding hydrogens is 232 g/mol. The maximum atomic E-state index is 5.90. The Morgan fingerprint density at radius 1 is 1.05 bits per heavy atom. The first-order chi connectivity index (χ1) is 9.29. The number of hydrogen-bond acceptors (Lipinski definition) is 1. The van der Waals surface area contributed by atoms with Crippen LogP contribution in [0.5, 0.6) is 0 Å². The van der Waals surface area contributed by atoms with E-state index in [1.807, 2.05) is 0 Å². The molecule has 98 valence electrons. The number of ether oxygens (including phenoxy) is 1. The Kier molecular flexibility index (Phi) is 3.39. The fourth-order valence-electron chi connectivity index (χ4n) is 2.71. The third-order valence-electron chi connectivity index (χ3n) is 4.05. The first-order valence-electron chi connectivity index (χ1n) is 7.10. The SMILES string of the molecule is CCC(C)OCc1cccc2c1Cc1ccccc1-2. The molecule has 0 heterocycles. The lowest BCUT2D eigenvalue weighted by Crippen LogP contribution is -2.07. The molecule has 2 aromatic rings. The predicted octanol–water partition coefficient (Wildman–Crippen LogP) is 4.57. The first kappa shape index (κ1) is 12.4. The first-order valence-corrected chi connectivity index (χ1v) is 7.10. The average Bonchev–Trinajstić information content (AvgIpc) is 2.84. The molecule has 0 aromatic heterocycles. The highest BCUT2D eigenvalue weighted by atomic mass is 16.5. The molecule has 1 atom stereocenters. The highest BCUT2D eigenvalue weighted by Gasteiger charge is 2.20. The van der Waals surface area contributed by atoms with E-state index >= 15 is 0 Å². The van der Waals surface area contributed by atoms with Crippen LogP contribution in [-0.2, 0) is 17.8 Å². The highest BCUT2D eigenvalue weighted by molar-refractivity contribution is 5.77.